The molecule has 0 saturated carbocycles. The molecule has 20 heavy (non-hydrogen) atoms. The topological polar surface area (TPSA) is 101 Å². The number of hydrogen-bond acceptors (Lipinski definition) is 6. The molecule has 1 unspecified atom stereocenters. The fraction of sp³-hybridized carbons (Fsp3) is 0.583. The second-order valence-electron chi connectivity index (χ2n) is 5.01. The first-order valence-electron chi connectivity index (χ1n) is 6.22. The Labute approximate surface area is 120 Å². The minimum Gasteiger partial charge on any atom is -0.476 e. The zero-order valence-electron chi connectivity index (χ0n) is 11.3. The molecule has 1 fully saturated rings. The van der Waals surface area contributed by atoms with Gasteiger partial charge >= 0.3 is 5.97 Å². The highest BCUT2D eigenvalue weighted by molar-refractivity contribution is 7.09. The predicted octanol–water partition coefficient (Wildman–Crippen LogP) is 0.397. The lowest BCUT2D eigenvalue weighted by molar-refractivity contribution is -0.136. The summed E-state index contributed by atoms with van der Waals surface area (Å²) in [5, 5.41) is 16.6. The van der Waals surface area contributed by atoms with Crippen LogP contribution in [-0.4, -0.2) is 47.3 Å². The Bertz CT molecular complexity index is 513. The molecule has 3 N–H and O–H groups in total. The number of carboxylic acid groups (broad SMARTS) is 1. The van der Waals surface area contributed by atoms with E-state index in [0.29, 0.717) is 5.01 Å². The van der Waals surface area contributed by atoms with Crippen LogP contribution >= 0.6 is 11.3 Å². The SMILES string of the molecule is CC(NC(=O)COC1(C)CNC1)c1nc(C(=O)O)cs1. The van der Waals surface area contributed by atoms with Crippen molar-refractivity contribution in [3.05, 3.63) is 16.1 Å². The van der Waals surface area contributed by atoms with Crippen LogP contribution in [0.1, 0.15) is 35.4 Å². The number of aromatic nitrogens is 1. The van der Waals surface area contributed by atoms with Gasteiger partial charge in [-0.05, 0) is 13.8 Å². The summed E-state index contributed by atoms with van der Waals surface area (Å²) in [6.07, 6.45) is 0. The molecule has 0 aliphatic carbocycles. The molecule has 1 amide bonds. The van der Waals surface area contributed by atoms with Crippen molar-refractivity contribution < 1.29 is 19.4 Å². The van der Waals surface area contributed by atoms with Gasteiger partial charge in [0.05, 0.1) is 11.6 Å². The third kappa shape index (κ3) is 3.53. The van der Waals surface area contributed by atoms with Gasteiger partial charge in [-0.3, -0.25) is 4.79 Å². The van der Waals surface area contributed by atoms with E-state index in [1.807, 2.05) is 6.92 Å². The van der Waals surface area contributed by atoms with E-state index < -0.39 is 5.97 Å². The maximum atomic E-state index is 11.8. The Morgan fingerprint density at radius 3 is 2.85 bits per heavy atom. The zero-order chi connectivity index (χ0) is 14.8. The number of nitrogens with one attached hydrogen (secondary N) is 2. The maximum absolute atomic E-state index is 11.8. The molecule has 2 rings (SSSR count). The number of nitrogens with zero attached hydrogens (tertiary/aromatic N) is 1. The summed E-state index contributed by atoms with van der Waals surface area (Å²) in [5.41, 5.74) is -0.270. The molecule has 1 atom stereocenters. The molecule has 110 valence electrons. The summed E-state index contributed by atoms with van der Waals surface area (Å²) in [5.74, 6) is -1.31. The zero-order valence-corrected chi connectivity index (χ0v) is 12.1. The standard InChI is InChI=1S/C12H17N3O4S/c1-7(10-15-8(4-20-10)11(17)18)14-9(16)3-19-12(2)5-13-6-12/h4,7,13H,3,5-6H2,1-2H3,(H,14,16)(H,17,18). The number of thiazole rings is 1. The van der Waals surface area contributed by atoms with E-state index in [0.717, 1.165) is 13.1 Å². The van der Waals surface area contributed by atoms with Gasteiger partial charge in [0, 0.05) is 18.5 Å². The van der Waals surface area contributed by atoms with Crippen LogP contribution in [0.25, 0.3) is 0 Å². The predicted molar refractivity (Wildman–Crippen MR) is 72.9 cm³/mol. The molecule has 1 saturated heterocycles. The Morgan fingerprint density at radius 2 is 2.35 bits per heavy atom. The minimum absolute atomic E-state index is 0.00426. The highest BCUT2D eigenvalue weighted by Gasteiger charge is 2.33. The second-order valence-corrected chi connectivity index (χ2v) is 5.90. The van der Waals surface area contributed by atoms with Crippen LogP contribution in [0, 0.1) is 0 Å². The van der Waals surface area contributed by atoms with E-state index in [1.165, 1.54) is 16.7 Å². The molecule has 0 radical (unpaired) electrons. The average molecular weight is 299 g/mol. The lowest BCUT2D eigenvalue weighted by Gasteiger charge is -2.38. The Kier molecular flexibility index (Phi) is 4.36. The lowest BCUT2D eigenvalue weighted by atomic mass is 10.0. The van der Waals surface area contributed by atoms with Crippen molar-refractivity contribution >= 4 is 23.2 Å². The molecule has 7 nitrogen and oxygen atoms in total. The van der Waals surface area contributed by atoms with Gasteiger partial charge in [-0.1, -0.05) is 0 Å². The van der Waals surface area contributed by atoms with Crippen LogP contribution in [0.15, 0.2) is 5.38 Å². The van der Waals surface area contributed by atoms with Gasteiger partial charge in [-0.2, -0.15) is 0 Å². The van der Waals surface area contributed by atoms with Crippen molar-refractivity contribution in [2.75, 3.05) is 19.7 Å². The first kappa shape index (κ1) is 14.9. The summed E-state index contributed by atoms with van der Waals surface area (Å²) in [6, 6.07) is -0.337. The van der Waals surface area contributed by atoms with Crippen molar-refractivity contribution in [3.8, 4) is 0 Å². The van der Waals surface area contributed by atoms with Gasteiger partial charge in [-0.15, -0.1) is 11.3 Å². The molecular weight excluding hydrogens is 282 g/mol. The van der Waals surface area contributed by atoms with Gasteiger partial charge in [0.25, 0.3) is 0 Å². The van der Waals surface area contributed by atoms with E-state index in [-0.39, 0.29) is 29.9 Å². The summed E-state index contributed by atoms with van der Waals surface area (Å²) < 4.78 is 5.52. The highest BCUT2D eigenvalue weighted by Crippen LogP contribution is 2.18. The van der Waals surface area contributed by atoms with E-state index >= 15 is 0 Å². The van der Waals surface area contributed by atoms with Crippen LogP contribution in [0.4, 0.5) is 0 Å². The number of carbonyl (C=O) groups is 2. The lowest BCUT2D eigenvalue weighted by Crippen LogP contribution is -2.59. The third-order valence-corrected chi connectivity index (χ3v) is 4.07. The fourth-order valence-electron chi connectivity index (χ4n) is 1.75. The monoisotopic (exact) mass is 299 g/mol. The fourth-order valence-corrected chi connectivity index (χ4v) is 2.55. The normalized spacial score (nSPS) is 18.1. The summed E-state index contributed by atoms with van der Waals surface area (Å²) >= 11 is 1.21. The Hall–Kier alpha value is -1.51. The molecule has 2 heterocycles. The van der Waals surface area contributed by atoms with E-state index in [1.54, 1.807) is 6.92 Å². The summed E-state index contributed by atoms with van der Waals surface area (Å²) in [7, 11) is 0. The molecule has 0 bridgehead atoms. The highest BCUT2D eigenvalue weighted by atomic mass is 32.1. The van der Waals surface area contributed by atoms with Crippen molar-refractivity contribution in [2.45, 2.75) is 25.5 Å². The van der Waals surface area contributed by atoms with Crippen molar-refractivity contribution in [2.24, 2.45) is 0 Å². The molecular formula is C12H17N3O4S. The Balaban J connectivity index is 1.82. The first-order valence-corrected chi connectivity index (χ1v) is 7.10. The number of aromatic carboxylic acids is 1. The maximum Gasteiger partial charge on any atom is 0.355 e. The van der Waals surface area contributed by atoms with E-state index in [4.69, 9.17) is 9.84 Å². The number of hydrogen-bond donors (Lipinski definition) is 3. The van der Waals surface area contributed by atoms with Crippen LogP contribution in [0.2, 0.25) is 0 Å². The molecule has 1 aromatic rings. The molecule has 0 aromatic carbocycles. The number of carbonyl (C=O) groups excluding carboxylic acids is 1. The molecule has 1 aliphatic heterocycles. The number of ether oxygens (including phenoxy) is 1. The van der Waals surface area contributed by atoms with Gasteiger partial charge in [0.2, 0.25) is 5.91 Å². The van der Waals surface area contributed by atoms with Gasteiger partial charge < -0.3 is 20.5 Å². The van der Waals surface area contributed by atoms with E-state index in [9.17, 15) is 9.59 Å². The average Bonchev–Trinajstić information content (AvgIpc) is 2.83. The van der Waals surface area contributed by atoms with Gasteiger partial charge in [0.1, 0.15) is 11.6 Å². The van der Waals surface area contributed by atoms with Crippen molar-refractivity contribution in [1.82, 2.24) is 15.6 Å². The van der Waals surface area contributed by atoms with Gasteiger partial charge in [-0.25, -0.2) is 9.78 Å². The van der Waals surface area contributed by atoms with Crippen molar-refractivity contribution in [1.29, 1.82) is 0 Å². The third-order valence-electron chi connectivity index (χ3n) is 3.04. The first-order chi connectivity index (χ1) is 9.39. The van der Waals surface area contributed by atoms with Crippen LogP contribution in [-0.2, 0) is 9.53 Å². The van der Waals surface area contributed by atoms with E-state index in [2.05, 4.69) is 15.6 Å². The summed E-state index contributed by atoms with van der Waals surface area (Å²) in [6.45, 7) is 5.17. The smallest absolute Gasteiger partial charge is 0.355 e. The molecule has 1 aliphatic rings. The van der Waals surface area contributed by atoms with Gasteiger partial charge in [0.15, 0.2) is 5.69 Å². The van der Waals surface area contributed by atoms with Crippen LogP contribution < -0.4 is 10.6 Å². The quantitative estimate of drug-likeness (QED) is 0.703. The summed E-state index contributed by atoms with van der Waals surface area (Å²) in [4.78, 5) is 26.5. The van der Waals surface area contributed by atoms with Crippen LogP contribution in [0.3, 0.4) is 0 Å². The minimum atomic E-state index is -1.07. The number of carboxylic acids is 1. The van der Waals surface area contributed by atoms with Crippen molar-refractivity contribution in [3.63, 3.8) is 0 Å². The number of amides is 1. The second kappa shape index (κ2) is 5.86. The Morgan fingerprint density at radius 1 is 1.65 bits per heavy atom. The molecule has 1 aromatic heterocycles. The number of rotatable bonds is 6. The largest absolute Gasteiger partial charge is 0.476 e. The molecule has 0 spiro atoms. The molecule has 8 heteroatoms. The van der Waals surface area contributed by atoms with Crippen LogP contribution in [0.5, 0.6) is 0 Å².